The minimum atomic E-state index is -0.0879. The van der Waals surface area contributed by atoms with Crippen LogP contribution in [0.15, 0.2) is 48.5 Å². The molecule has 0 saturated heterocycles. The normalized spacial score (nSPS) is 17.8. The van der Waals surface area contributed by atoms with Gasteiger partial charge in [0.25, 0.3) is 0 Å². The summed E-state index contributed by atoms with van der Waals surface area (Å²) in [7, 11) is 0. The van der Waals surface area contributed by atoms with Gasteiger partial charge >= 0.3 is 5.97 Å². The van der Waals surface area contributed by atoms with E-state index in [4.69, 9.17) is 4.74 Å². The van der Waals surface area contributed by atoms with Gasteiger partial charge in [0.1, 0.15) is 5.75 Å². The lowest BCUT2D eigenvalue weighted by Gasteiger charge is -2.26. The number of carbonyl (C=O) groups excluding carboxylic acids is 1. The lowest BCUT2D eigenvalue weighted by Crippen LogP contribution is -2.25. The second-order valence-electron chi connectivity index (χ2n) is 7.93. The van der Waals surface area contributed by atoms with Gasteiger partial charge in [-0.25, -0.2) is 0 Å². The van der Waals surface area contributed by atoms with E-state index >= 15 is 0 Å². The van der Waals surface area contributed by atoms with Gasteiger partial charge in [-0.05, 0) is 80.1 Å². The first kappa shape index (κ1) is 21.7. The zero-order valence-electron chi connectivity index (χ0n) is 18.0. The monoisotopic (exact) mass is 398 g/mol. The molecule has 0 unspecified atom stereocenters. The summed E-state index contributed by atoms with van der Waals surface area (Å²) in [5, 5.41) is 0. The molecule has 0 atom stereocenters. The first-order valence-electron chi connectivity index (χ1n) is 11.1. The van der Waals surface area contributed by atoms with E-state index in [1.807, 2.05) is 55.5 Å². The van der Waals surface area contributed by atoms with Crippen molar-refractivity contribution in [1.82, 2.24) is 0 Å². The molecule has 30 heavy (non-hydrogen) atoms. The number of hydrogen-bond acceptors (Lipinski definition) is 2. The van der Waals surface area contributed by atoms with Crippen molar-refractivity contribution in [2.24, 2.45) is 11.8 Å². The molecule has 0 N–H and O–H groups in total. The fraction of sp³-hybridized carbons (Fsp3) is 0.393. The third-order valence-electron chi connectivity index (χ3n) is 5.60. The summed E-state index contributed by atoms with van der Waals surface area (Å²) in [6, 6.07) is 15.4. The fourth-order valence-corrected chi connectivity index (χ4v) is 3.87. The molecule has 1 fully saturated rings. The van der Waals surface area contributed by atoms with Crippen LogP contribution in [0.2, 0.25) is 0 Å². The molecule has 2 aromatic carbocycles. The Balaban J connectivity index is 1.53. The van der Waals surface area contributed by atoms with Crippen molar-refractivity contribution in [2.75, 3.05) is 0 Å². The molecule has 3 rings (SSSR count). The van der Waals surface area contributed by atoms with Crippen LogP contribution in [0.4, 0.5) is 0 Å². The van der Waals surface area contributed by atoms with Crippen molar-refractivity contribution in [2.45, 2.75) is 58.8 Å². The van der Waals surface area contributed by atoms with Gasteiger partial charge in [-0.1, -0.05) is 50.4 Å². The standard InChI is InChI=1S/C28H30O2/c1-3-5-7-23-8-10-24(11-9-23)12-13-25-16-20-27(21-17-25)30-28(29)26-18-14-22(6-4-2)15-19-26/h8-11,16-17,20-22,26H,3-4,6,14-15,18-19H2,1-2H3/t22-,26-. The highest BCUT2D eigenvalue weighted by Gasteiger charge is 2.27. The van der Waals surface area contributed by atoms with Crippen LogP contribution in [0.3, 0.4) is 0 Å². The molecule has 2 aromatic rings. The molecular formula is C28H30O2. The summed E-state index contributed by atoms with van der Waals surface area (Å²) in [6.07, 6.45) is 7.57. The van der Waals surface area contributed by atoms with E-state index in [-0.39, 0.29) is 11.9 Å². The molecule has 0 bridgehead atoms. The SMILES string of the molecule is CCC#Cc1ccc(C#Cc2ccc(OC(=O)[C@H]3CC[C@H](CCC)CC3)cc2)cc1. The largest absolute Gasteiger partial charge is 0.426 e. The number of hydrogen-bond donors (Lipinski definition) is 0. The zero-order valence-corrected chi connectivity index (χ0v) is 18.0. The topological polar surface area (TPSA) is 26.3 Å². The van der Waals surface area contributed by atoms with Gasteiger partial charge in [-0.2, -0.15) is 0 Å². The number of carbonyl (C=O) groups is 1. The summed E-state index contributed by atoms with van der Waals surface area (Å²) < 4.78 is 5.61. The maximum Gasteiger partial charge on any atom is 0.314 e. The van der Waals surface area contributed by atoms with E-state index in [0.717, 1.165) is 54.7 Å². The summed E-state index contributed by atoms with van der Waals surface area (Å²) in [6.45, 7) is 4.27. The maximum absolute atomic E-state index is 12.5. The molecule has 154 valence electrons. The predicted molar refractivity (Wildman–Crippen MR) is 122 cm³/mol. The number of ether oxygens (including phenoxy) is 1. The molecule has 0 radical (unpaired) electrons. The first-order valence-corrected chi connectivity index (χ1v) is 11.1. The summed E-state index contributed by atoms with van der Waals surface area (Å²) in [4.78, 5) is 12.5. The van der Waals surface area contributed by atoms with Crippen LogP contribution in [0, 0.1) is 35.5 Å². The van der Waals surface area contributed by atoms with E-state index < -0.39 is 0 Å². The Labute approximate surface area is 181 Å². The third kappa shape index (κ3) is 6.53. The molecular weight excluding hydrogens is 368 g/mol. The second kappa shape index (κ2) is 11.3. The Bertz CT molecular complexity index is 938. The van der Waals surface area contributed by atoms with Crippen molar-refractivity contribution >= 4 is 5.97 Å². The average Bonchev–Trinajstić information content (AvgIpc) is 2.78. The van der Waals surface area contributed by atoms with E-state index in [0.29, 0.717) is 5.75 Å². The second-order valence-corrected chi connectivity index (χ2v) is 7.93. The van der Waals surface area contributed by atoms with Crippen molar-refractivity contribution in [3.8, 4) is 29.4 Å². The Morgan fingerprint density at radius 2 is 1.37 bits per heavy atom. The minimum absolute atomic E-state index is 0.0440. The molecule has 0 amide bonds. The fourth-order valence-electron chi connectivity index (χ4n) is 3.87. The third-order valence-corrected chi connectivity index (χ3v) is 5.60. The van der Waals surface area contributed by atoms with Crippen molar-refractivity contribution in [3.05, 3.63) is 65.2 Å². The Morgan fingerprint density at radius 3 is 1.90 bits per heavy atom. The summed E-state index contributed by atoms with van der Waals surface area (Å²) in [5.74, 6) is 13.8. The van der Waals surface area contributed by atoms with Crippen LogP contribution < -0.4 is 4.74 Å². The Kier molecular flexibility index (Phi) is 8.17. The van der Waals surface area contributed by atoms with Crippen molar-refractivity contribution in [1.29, 1.82) is 0 Å². The van der Waals surface area contributed by atoms with E-state index in [1.54, 1.807) is 0 Å². The molecule has 2 nitrogen and oxygen atoms in total. The van der Waals surface area contributed by atoms with Crippen LogP contribution in [0.5, 0.6) is 5.75 Å². The van der Waals surface area contributed by atoms with Crippen molar-refractivity contribution < 1.29 is 9.53 Å². The molecule has 0 spiro atoms. The Morgan fingerprint density at radius 1 is 0.833 bits per heavy atom. The lowest BCUT2D eigenvalue weighted by atomic mass is 9.80. The Hall–Kier alpha value is -2.97. The molecule has 1 aliphatic rings. The van der Waals surface area contributed by atoms with Gasteiger partial charge in [0.2, 0.25) is 0 Å². The van der Waals surface area contributed by atoms with Crippen molar-refractivity contribution in [3.63, 3.8) is 0 Å². The highest BCUT2D eigenvalue weighted by molar-refractivity contribution is 5.75. The average molecular weight is 399 g/mol. The van der Waals surface area contributed by atoms with Crippen LogP contribution in [0.1, 0.15) is 75.5 Å². The molecule has 1 saturated carbocycles. The molecule has 2 heteroatoms. The lowest BCUT2D eigenvalue weighted by molar-refractivity contribution is -0.140. The number of benzene rings is 2. The quantitative estimate of drug-likeness (QED) is 0.340. The molecule has 1 aliphatic carbocycles. The predicted octanol–water partition coefficient (Wildman–Crippen LogP) is 6.36. The summed E-state index contributed by atoms with van der Waals surface area (Å²) >= 11 is 0. The highest BCUT2D eigenvalue weighted by atomic mass is 16.5. The minimum Gasteiger partial charge on any atom is -0.426 e. The van der Waals surface area contributed by atoms with Gasteiger partial charge in [-0.3, -0.25) is 4.79 Å². The van der Waals surface area contributed by atoms with Gasteiger partial charge < -0.3 is 4.74 Å². The number of esters is 1. The van der Waals surface area contributed by atoms with Crippen LogP contribution in [0.25, 0.3) is 0 Å². The first-order chi connectivity index (χ1) is 14.7. The van der Waals surface area contributed by atoms with E-state index in [1.165, 1.54) is 12.8 Å². The van der Waals surface area contributed by atoms with Gasteiger partial charge in [0, 0.05) is 23.1 Å². The van der Waals surface area contributed by atoms with Crippen LogP contribution in [-0.4, -0.2) is 5.97 Å². The van der Waals surface area contributed by atoms with Crippen LogP contribution >= 0.6 is 0 Å². The van der Waals surface area contributed by atoms with E-state index in [2.05, 4.69) is 30.6 Å². The van der Waals surface area contributed by atoms with E-state index in [9.17, 15) is 4.79 Å². The van der Waals surface area contributed by atoms with Crippen LogP contribution in [-0.2, 0) is 4.79 Å². The zero-order chi connectivity index (χ0) is 21.2. The maximum atomic E-state index is 12.5. The highest BCUT2D eigenvalue weighted by Crippen LogP contribution is 2.32. The molecule has 0 aromatic heterocycles. The summed E-state index contributed by atoms with van der Waals surface area (Å²) in [5.41, 5.74) is 2.85. The molecule has 0 aliphatic heterocycles. The molecule has 0 heterocycles. The smallest absolute Gasteiger partial charge is 0.314 e. The number of rotatable bonds is 4. The van der Waals surface area contributed by atoms with Gasteiger partial charge in [0.05, 0.1) is 5.92 Å². The van der Waals surface area contributed by atoms with Gasteiger partial charge in [0.15, 0.2) is 0 Å². The van der Waals surface area contributed by atoms with Gasteiger partial charge in [-0.15, -0.1) is 0 Å².